The summed E-state index contributed by atoms with van der Waals surface area (Å²) in [7, 11) is 1.79. The summed E-state index contributed by atoms with van der Waals surface area (Å²) in [5.74, 6) is 0.796. The third-order valence-electron chi connectivity index (χ3n) is 3.50. The molecular weight excluding hydrogens is 242 g/mol. The van der Waals surface area contributed by atoms with Crippen LogP contribution in [0.25, 0.3) is 0 Å². The van der Waals surface area contributed by atoms with Crippen molar-refractivity contribution in [3.63, 3.8) is 0 Å². The molecule has 0 spiro atoms. The van der Waals surface area contributed by atoms with E-state index in [9.17, 15) is 4.79 Å². The van der Waals surface area contributed by atoms with E-state index in [2.05, 4.69) is 29.0 Å². The number of hydrogen-bond donors (Lipinski definition) is 2. The van der Waals surface area contributed by atoms with Crippen LogP contribution in [0.15, 0.2) is 6.33 Å². The van der Waals surface area contributed by atoms with Crippen LogP contribution in [0.2, 0.25) is 0 Å². The van der Waals surface area contributed by atoms with Gasteiger partial charge in [-0.15, -0.1) is 0 Å². The van der Waals surface area contributed by atoms with E-state index < -0.39 is 5.41 Å². The summed E-state index contributed by atoms with van der Waals surface area (Å²) < 4.78 is 0. The van der Waals surface area contributed by atoms with E-state index in [1.54, 1.807) is 11.9 Å². The van der Waals surface area contributed by atoms with Gasteiger partial charge in [0.15, 0.2) is 0 Å². The second-order valence-electron chi connectivity index (χ2n) is 5.08. The van der Waals surface area contributed by atoms with Gasteiger partial charge in [-0.3, -0.25) is 9.89 Å². The molecule has 0 aromatic carbocycles. The average Bonchev–Trinajstić information content (AvgIpc) is 2.90. The van der Waals surface area contributed by atoms with Gasteiger partial charge in [-0.25, -0.2) is 4.98 Å². The maximum atomic E-state index is 12.7. The van der Waals surface area contributed by atoms with Crippen LogP contribution in [-0.2, 0) is 11.3 Å². The highest BCUT2D eigenvalue weighted by atomic mass is 16.2. The molecule has 19 heavy (non-hydrogen) atoms. The van der Waals surface area contributed by atoms with Crippen molar-refractivity contribution in [1.82, 2.24) is 20.1 Å². The molecule has 0 saturated carbocycles. The number of carbonyl (C=O) groups is 1. The molecule has 108 valence electrons. The van der Waals surface area contributed by atoms with E-state index in [4.69, 9.17) is 5.73 Å². The Hall–Kier alpha value is -1.43. The fourth-order valence-corrected chi connectivity index (χ4v) is 2.60. The monoisotopic (exact) mass is 267 g/mol. The predicted octanol–water partition coefficient (Wildman–Crippen LogP) is 1.31. The molecule has 0 atom stereocenters. The van der Waals surface area contributed by atoms with Crippen molar-refractivity contribution in [2.24, 2.45) is 11.1 Å². The Morgan fingerprint density at radius 2 is 2.05 bits per heavy atom. The molecule has 0 aliphatic heterocycles. The van der Waals surface area contributed by atoms with Gasteiger partial charge >= 0.3 is 0 Å². The molecule has 0 radical (unpaired) electrons. The van der Waals surface area contributed by atoms with Gasteiger partial charge in [0, 0.05) is 13.6 Å². The fourth-order valence-electron chi connectivity index (χ4n) is 2.60. The van der Waals surface area contributed by atoms with Gasteiger partial charge in [0.2, 0.25) is 5.91 Å². The van der Waals surface area contributed by atoms with E-state index in [0.29, 0.717) is 18.9 Å². The number of hydrogen-bond acceptors (Lipinski definition) is 4. The SMILES string of the molecule is CCCC(CN)(CCC)C(=O)N(C)Cc1ncn[nH]1. The Balaban J connectivity index is 2.79. The Bertz CT molecular complexity index is 370. The third kappa shape index (κ3) is 3.76. The first-order chi connectivity index (χ1) is 9.09. The molecule has 6 heteroatoms. The summed E-state index contributed by atoms with van der Waals surface area (Å²) >= 11 is 0. The van der Waals surface area contributed by atoms with Crippen LogP contribution in [0, 0.1) is 5.41 Å². The van der Waals surface area contributed by atoms with Crippen molar-refractivity contribution in [2.45, 2.75) is 46.1 Å². The number of H-pyrrole nitrogens is 1. The van der Waals surface area contributed by atoms with Gasteiger partial charge in [0.05, 0.1) is 12.0 Å². The summed E-state index contributed by atoms with van der Waals surface area (Å²) in [6, 6.07) is 0. The summed E-state index contributed by atoms with van der Waals surface area (Å²) in [4.78, 5) is 18.4. The Kier molecular flexibility index (Phi) is 5.95. The van der Waals surface area contributed by atoms with Crippen molar-refractivity contribution in [3.8, 4) is 0 Å². The van der Waals surface area contributed by atoms with Crippen LogP contribution >= 0.6 is 0 Å². The number of amides is 1. The molecule has 0 unspecified atom stereocenters. The van der Waals surface area contributed by atoms with E-state index in [1.165, 1.54) is 6.33 Å². The second-order valence-corrected chi connectivity index (χ2v) is 5.08. The summed E-state index contributed by atoms with van der Waals surface area (Å²) in [5.41, 5.74) is 5.48. The topological polar surface area (TPSA) is 87.9 Å². The summed E-state index contributed by atoms with van der Waals surface area (Å²) in [6.45, 7) is 5.01. The minimum absolute atomic E-state index is 0.107. The lowest BCUT2D eigenvalue weighted by Crippen LogP contribution is -2.46. The molecule has 0 aliphatic carbocycles. The first-order valence-electron chi connectivity index (χ1n) is 6.89. The highest BCUT2D eigenvalue weighted by molar-refractivity contribution is 5.82. The van der Waals surface area contributed by atoms with E-state index >= 15 is 0 Å². The molecule has 0 saturated heterocycles. The maximum absolute atomic E-state index is 12.7. The maximum Gasteiger partial charge on any atom is 0.230 e. The molecule has 0 bridgehead atoms. The zero-order valence-corrected chi connectivity index (χ0v) is 12.1. The van der Waals surface area contributed by atoms with Crippen molar-refractivity contribution in [2.75, 3.05) is 13.6 Å². The number of rotatable bonds is 8. The highest BCUT2D eigenvalue weighted by Gasteiger charge is 2.37. The molecule has 1 aromatic heterocycles. The number of aromatic nitrogens is 3. The molecule has 0 aliphatic rings. The van der Waals surface area contributed by atoms with Gasteiger partial charge in [0.25, 0.3) is 0 Å². The largest absolute Gasteiger partial charge is 0.338 e. The molecule has 6 nitrogen and oxygen atoms in total. The summed E-state index contributed by atoms with van der Waals surface area (Å²) in [5, 5.41) is 6.56. The van der Waals surface area contributed by atoms with E-state index in [1.807, 2.05) is 0 Å². The van der Waals surface area contributed by atoms with Crippen LogP contribution in [0.3, 0.4) is 0 Å². The van der Waals surface area contributed by atoms with Crippen LogP contribution < -0.4 is 5.73 Å². The highest BCUT2D eigenvalue weighted by Crippen LogP contribution is 2.31. The van der Waals surface area contributed by atoms with Gasteiger partial charge in [0.1, 0.15) is 12.2 Å². The van der Waals surface area contributed by atoms with Crippen LogP contribution in [-0.4, -0.2) is 39.6 Å². The van der Waals surface area contributed by atoms with Gasteiger partial charge in [-0.05, 0) is 12.8 Å². The Morgan fingerprint density at radius 1 is 1.42 bits per heavy atom. The van der Waals surface area contributed by atoms with Gasteiger partial charge in [-0.2, -0.15) is 5.10 Å². The molecule has 0 fully saturated rings. The number of nitrogens with one attached hydrogen (secondary N) is 1. The first kappa shape index (κ1) is 15.6. The molecule has 1 rings (SSSR count). The van der Waals surface area contributed by atoms with Gasteiger partial charge < -0.3 is 10.6 Å². The van der Waals surface area contributed by atoms with Crippen molar-refractivity contribution in [1.29, 1.82) is 0 Å². The standard InChI is InChI=1S/C13H25N5O/c1-4-6-13(9-14,7-5-2)12(19)18(3)8-11-15-10-16-17-11/h10H,4-9,14H2,1-3H3,(H,15,16,17). The molecule has 1 amide bonds. The number of aromatic amines is 1. The lowest BCUT2D eigenvalue weighted by atomic mass is 9.78. The molecule has 1 aromatic rings. The van der Waals surface area contributed by atoms with Crippen molar-refractivity contribution < 1.29 is 4.79 Å². The Labute approximate surface area is 114 Å². The zero-order valence-electron chi connectivity index (χ0n) is 12.1. The number of nitrogens with two attached hydrogens (primary N) is 1. The normalized spacial score (nSPS) is 11.6. The molecule has 3 N–H and O–H groups in total. The smallest absolute Gasteiger partial charge is 0.230 e. The zero-order chi connectivity index (χ0) is 14.3. The minimum atomic E-state index is -0.432. The Morgan fingerprint density at radius 3 is 2.47 bits per heavy atom. The quantitative estimate of drug-likeness (QED) is 0.743. The average molecular weight is 267 g/mol. The number of carbonyl (C=O) groups excluding carboxylic acids is 1. The molecule has 1 heterocycles. The van der Waals surface area contributed by atoms with Crippen LogP contribution in [0.5, 0.6) is 0 Å². The minimum Gasteiger partial charge on any atom is -0.338 e. The van der Waals surface area contributed by atoms with Crippen LogP contribution in [0.4, 0.5) is 0 Å². The molecular formula is C13H25N5O. The first-order valence-corrected chi connectivity index (χ1v) is 6.89. The lowest BCUT2D eigenvalue weighted by molar-refractivity contribution is -0.142. The number of nitrogens with zero attached hydrogens (tertiary/aromatic N) is 3. The third-order valence-corrected chi connectivity index (χ3v) is 3.50. The van der Waals surface area contributed by atoms with Crippen molar-refractivity contribution in [3.05, 3.63) is 12.2 Å². The predicted molar refractivity (Wildman–Crippen MR) is 74.2 cm³/mol. The van der Waals surface area contributed by atoms with E-state index in [-0.39, 0.29) is 5.91 Å². The second kappa shape index (κ2) is 7.23. The van der Waals surface area contributed by atoms with Gasteiger partial charge in [-0.1, -0.05) is 26.7 Å². The summed E-state index contributed by atoms with van der Waals surface area (Å²) in [6.07, 6.45) is 5.02. The fraction of sp³-hybridized carbons (Fsp3) is 0.769. The lowest BCUT2D eigenvalue weighted by Gasteiger charge is -2.34. The van der Waals surface area contributed by atoms with Crippen molar-refractivity contribution >= 4 is 5.91 Å². The van der Waals surface area contributed by atoms with Crippen LogP contribution in [0.1, 0.15) is 45.4 Å². The van der Waals surface area contributed by atoms with E-state index in [0.717, 1.165) is 25.7 Å².